The Morgan fingerprint density at radius 1 is 1.24 bits per heavy atom. The van der Waals surface area contributed by atoms with Crippen LogP contribution in [0.2, 0.25) is 0 Å². The molecule has 0 saturated carbocycles. The quantitative estimate of drug-likeness (QED) is 0.756. The number of H-pyrrole nitrogens is 1. The summed E-state index contributed by atoms with van der Waals surface area (Å²) in [7, 11) is 0. The van der Waals surface area contributed by atoms with Gasteiger partial charge >= 0.3 is 0 Å². The summed E-state index contributed by atoms with van der Waals surface area (Å²) in [6, 6.07) is 8.27. The molecule has 5 nitrogen and oxygen atoms in total. The highest BCUT2D eigenvalue weighted by molar-refractivity contribution is 5.66. The lowest BCUT2D eigenvalue weighted by atomic mass is 10.0. The highest BCUT2D eigenvalue weighted by Gasteiger charge is 2.16. The number of halogens is 1. The van der Waals surface area contributed by atoms with E-state index in [4.69, 9.17) is 4.42 Å². The Balaban J connectivity index is 1.76. The van der Waals surface area contributed by atoms with Crippen LogP contribution in [0.5, 0.6) is 0 Å². The molecule has 3 rings (SSSR count). The van der Waals surface area contributed by atoms with Crippen molar-refractivity contribution in [3.8, 4) is 11.1 Å². The third-order valence-electron chi connectivity index (χ3n) is 3.30. The Kier molecular flexibility index (Phi) is 3.79. The van der Waals surface area contributed by atoms with E-state index in [1.54, 1.807) is 24.3 Å². The summed E-state index contributed by atoms with van der Waals surface area (Å²) in [6.07, 6.45) is 2.99. The number of benzene rings is 1. The lowest BCUT2D eigenvalue weighted by Crippen LogP contribution is -2.02. The van der Waals surface area contributed by atoms with Gasteiger partial charge in [0.25, 0.3) is 0 Å². The van der Waals surface area contributed by atoms with Crippen LogP contribution in [0, 0.1) is 5.82 Å². The van der Waals surface area contributed by atoms with Crippen molar-refractivity contribution in [2.24, 2.45) is 0 Å². The van der Waals surface area contributed by atoms with Crippen molar-refractivity contribution in [1.82, 2.24) is 15.2 Å². The molecule has 0 amide bonds. The van der Waals surface area contributed by atoms with E-state index >= 15 is 0 Å². The van der Waals surface area contributed by atoms with Crippen LogP contribution in [0.4, 0.5) is 4.39 Å². The van der Waals surface area contributed by atoms with Crippen molar-refractivity contribution in [3.05, 3.63) is 60.3 Å². The molecule has 0 aliphatic heterocycles. The van der Waals surface area contributed by atoms with Gasteiger partial charge in [-0.2, -0.15) is 5.10 Å². The number of aliphatic hydroxyl groups excluding tert-OH is 1. The van der Waals surface area contributed by atoms with Crippen molar-refractivity contribution < 1.29 is 13.9 Å². The van der Waals surface area contributed by atoms with Crippen molar-refractivity contribution in [2.45, 2.75) is 18.9 Å². The molecule has 0 fully saturated rings. The second-order valence-electron chi connectivity index (χ2n) is 4.66. The molecule has 21 heavy (non-hydrogen) atoms. The normalized spacial score (nSPS) is 12.5. The van der Waals surface area contributed by atoms with Crippen LogP contribution in [0.3, 0.4) is 0 Å². The van der Waals surface area contributed by atoms with Gasteiger partial charge in [0.05, 0.1) is 6.26 Å². The van der Waals surface area contributed by atoms with Crippen LogP contribution in [-0.2, 0) is 6.42 Å². The van der Waals surface area contributed by atoms with Gasteiger partial charge in [0, 0.05) is 17.5 Å². The molecule has 0 radical (unpaired) electrons. The van der Waals surface area contributed by atoms with Crippen LogP contribution in [0.15, 0.2) is 47.3 Å². The molecular formula is C15H14FN3O2. The molecule has 2 N–H and O–H groups in total. The number of nitrogens with zero attached hydrogens (tertiary/aromatic N) is 2. The van der Waals surface area contributed by atoms with Crippen LogP contribution in [0.25, 0.3) is 11.1 Å². The highest BCUT2D eigenvalue weighted by atomic mass is 19.1. The molecule has 1 unspecified atom stereocenters. The number of aliphatic hydroxyl groups is 1. The SMILES string of the molecule is OC(CCc1occc1-c1ccccc1F)c1ncn[nH]1. The molecule has 3 aromatic rings. The first-order chi connectivity index (χ1) is 10.3. The standard InChI is InChI=1S/C15H14FN3O2/c16-12-4-2-1-3-10(12)11-7-8-21-14(11)6-5-13(20)15-17-9-18-19-15/h1-4,7-9,13,20H,5-6H2,(H,17,18,19). The average Bonchev–Trinajstić information content (AvgIpc) is 3.17. The third-order valence-corrected chi connectivity index (χ3v) is 3.30. The van der Waals surface area contributed by atoms with Gasteiger partial charge in [-0.3, -0.25) is 5.10 Å². The van der Waals surface area contributed by atoms with Gasteiger partial charge in [-0.05, 0) is 18.6 Å². The smallest absolute Gasteiger partial charge is 0.153 e. The number of nitrogens with one attached hydrogen (secondary N) is 1. The fraction of sp³-hybridized carbons (Fsp3) is 0.200. The molecule has 0 saturated heterocycles. The number of hydrogen-bond acceptors (Lipinski definition) is 4. The Labute approximate surface area is 120 Å². The maximum absolute atomic E-state index is 13.8. The van der Waals surface area contributed by atoms with E-state index in [0.29, 0.717) is 35.6 Å². The zero-order valence-corrected chi connectivity index (χ0v) is 11.2. The average molecular weight is 287 g/mol. The lowest BCUT2D eigenvalue weighted by molar-refractivity contribution is 0.156. The Hall–Kier alpha value is -2.47. The molecule has 0 spiro atoms. The zero-order chi connectivity index (χ0) is 14.7. The molecule has 2 aromatic heterocycles. The fourth-order valence-corrected chi connectivity index (χ4v) is 2.23. The van der Waals surface area contributed by atoms with E-state index in [2.05, 4.69) is 15.2 Å². The molecule has 0 bridgehead atoms. The number of aryl methyl sites for hydroxylation is 1. The predicted octanol–water partition coefficient (Wildman–Crippen LogP) is 2.87. The maximum atomic E-state index is 13.8. The topological polar surface area (TPSA) is 74.9 Å². The second-order valence-corrected chi connectivity index (χ2v) is 4.66. The first kappa shape index (κ1) is 13.5. The van der Waals surface area contributed by atoms with E-state index in [1.807, 2.05) is 0 Å². The van der Waals surface area contributed by atoms with Crippen LogP contribution in [0.1, 0.15) is 24.1 Å². The predicted molar refractivity (Wildman–Crippen MR) is 73.8 cm³/mol. The first-order valence-corrected chi connectivity index (χ1v) is 6.60. The molecule has 2 heterocycles. The summed E-state index contributed by atoms with van der Waals surface area (Å²) < 4.78 is 19.3. The number of furan rings is 1. The van der Waals surface area contributed by atoms with Crippen molar-refractivity contribution in [1.29, 1.82) is 0 Å². The van der Waals surface area contributed by atoms with E-state index in [9.17, 15) is 9.50 Å². The van der Waals surface area contributed by atoms with Gasteiger partial charge in [-0.25, -0.2) is 9.37 Å². The van der Waals surface area contributed by atoms with Gasteiger partial charge in [0.1, 0.15) is 24.0 Å². The molecule has 0 aliphatic carbocycles. The monoisotopic (exact) mass is 287 g/mol. The van der Waals surface area contributed by atoms with E-state index in [1.165, 1.54) is 18.7 Å². The number of aromatic nitrogens is 3. The molecule has 1 atom stereocenters. The molecule has 6 heteroatoms. The number of aromatic amines is 1. The summed E-state index contributed by atoms with van der Waals surface area (Å²) >= 11 is 0. The summed E-state index contributed by atoms with van der Waals surface area (Å²) in [5.74, 6) is 0.753. The minimum atomic E-state index is -0.758. The molecule has 1 aromatic carbocycles. The van der Waals surface area contributed by atoms with Gasteiger partial charge in [-0.15, -0.1) is 0 Å². The van der Waals surface area contributed by atoms with Crippen molar-refractivity contribution in [2.75, 3.05) is 0 Å². The third kappa shape index (κ3) is 2.85. The zero-order valence-electron chi connectivity index (χ0n) is 11.2. The largest absolute Gasteiger partial charge is 0.469 e. The van der Waals surface area contributed by atoms with Crippen LogP contribution >= 0.6 is 0 Å². The van der Waals surface area contributed by atoms with Gasteiger partial charge < -0.3 is 9.52 Å². The Bertz CT molecular complexity index is 709. The molecule has 108 valence electrons. The minimum absolute atomic E-state index is 0.295. The van der Waals surface area contributed by atoms with E-state index in [-0.39, 0.29) is 5.82 Å². The fourth-order valence-electron chi connectivity index (χ4n) is 2.23. The van der Waals surface area contributed by atoms with Crippen molar-refractivity contribution in [3.63, 3.8) is 0 Å². The lowest BCUT2D eigenvalue weighted by Gasteiger charge is -2.07. The first-order valence-electron chi connectivity index (χ1n) is 6.60. The Morgan fingerprint density at radius 3 is 2.86 bits per heavy atom. The highest BCUT2D eigenvalue weighted by Crippen LogP contribution is 2.29. The van der Waals surface area contributed by atoms with E-state index < -0.39 is 6.10 Å². The van der Waals surface area contributed by atoms with Crippen LogP contribution < -0.4 is 0 Å². The second kappa shape index (κ2) is 5.88. The van der Waals surface area contributed by atoms with Gasteiger partial charge in [-0.1, -0.05) is 18.2 Å². The van der Waals surface area contributed by atoms with E-state index in [0.717, 1.165) is 0 Å². The molecule has 0 aliphatic rings. The summed E-state index contributed by atoms with van der Waals surface area (Å²) in [4.78, 5) is 3.90. The molecular weight excluding hydrogens is 273 g/mol. The van der Waals surface area contributed by atoms with Crippen LogP contribution in [-0.4, -0.2) is 20.3 Å². The maximum Gasteiger partial charge on any atom is 0.153 e. The summed E-state index contributed by atoms with van der Waals surface area (Å²) in [5, 5.41) is 16.3. The minimum Gasteiger partial charge on any atom is -0.469 e. The van der Waals surface area contributed by atoms with Crippen molar-refractivity contribution >= 4 is 0 Å². The van der Waals surface area contributed by atoms with Gasteiger partial charge in [0.2, 0.25) is 0 Å². The van der Waals surface area contributed by atoms with Gasteiger partial charge in [0.15, 0.2) is 5.82 Å². The summed E-state index contributed by atoms with van der Waals surface area (Å²) in [6.45, 7) is 0. The number of rotatable bonds is 5. The Morgan fingerprint density at radius 2 is 2.10 bits per heavy atom. The number of hydrogen-bond donors (Lipinski definition) is 2. The summed E-state index contributed by atoms with van der Waals surface area (Å²) in [5.41, 5.74) is 1.20.